The summed E-state index contributed by atoms with van der Waals surface area (Å²) in [7, 11) is 1.52. The molecule has 2 aromatic rings. The monoisotopic (exact) mass is 413 g/mol. The maximum absolute atomic E-state index is 12.8. The fourth-order valence-electron chi connectivity index (χ4n) is 3.48. The van der Waals surface area contributed by atoms with Gasteiger partial charge in [0.1, 0.15) is 0 Å². The molecule has 0 saturated carbocycles. The van der Waals surface area contributed by atoms with E-state index < -0.39 is 18.5 Å². The second kappa shape index (κ2) is 9.67. The maximum atomic E-state index is 12.8. The highest BCUT2D eigenvalue weighted by Gasteiger charge is 2.23. The van der Waals surface area contributed by atoms with Crippen molar-refractivity contribution in [1.29, 1.82) is 0 Å². The number of carbonyl (C=O) groups excluding carboxylic acids is 3. The molecule has 8 heteroatoms. The van der Waals surface area contributed by atoms with Crippen molar-refractivity contribution in [3.8, 4) is 0 Å². The zero-order valence-electron chi connectivity index (χ0n) is 17.6. The van der Waals surface area contributed by atoms with Crippen molar-refractivity contribution in [2.24, 2.45) is 0 Å². The van der Waals surface area contributed by atoms with E-state index in [1.165, 1.54) is 11.9 Å². The van der Waals surface area contributed by atoms with Crippen LogP contribution in [0.25, 0.3) is 10.9 Å². The zero-order chi connectivity index (χ0) is 21.7. The number of hydrogen-bond acceptors (Lipinski definition) is 6. The SMILES string of the molecule is CCc1nc2ccccc2c(C(=O)OCC(=O)N(C)CC(=O)N2CCOCC2)c1C. The molecule has 2 amide bonds. The molecule has 3 rings (SSSR count). The Morgan fingerprint density at radius 1 is 1.20 bits per heavy atom. The molecule has 0 radical (unpaired) electrons. The minimum absolute atomic E-state index is 0.0619. The van der Waals surface area contributed by atoms with E-state index in [2.05, 4.69) is 4.98 Å². The molecular weight excluding hydrogens is 386 g/mol. The molecule has 1 fully saturated rings. The van der Waals surface area contributed by atoms with E-state index in [1.807, 2.05) is 38.1 Å². The number of esters is 1. The first-order valence-electron chi connectivity index (χ1n) is 10.1. The maximum Gasteiger partial charge on any atom is 0.339 e. The summed E-state index contributed by atoms with van der Waals surface area (Å²) in [5.41, 5.74) is 2.72. The van der Waals surface area contributed by atoms with Gasteiger partial charge in [0, 0.05) is 31.2 Å². The molecule has 0 N–H and O–H groups in total. The van der Waals surface area contributed by atoms with Crippen LogP contribution in [0.3, 0.4) is 0 Å². The Morgan fingerprint density at radius 3 is 2.60 bits per heavy atom. The number of carbonyl (C=O) groups is 3. The largest absolute Gasteiger partial charge is 0.452 e. The van der Waals surface area contributed by atoms with Gasteiger partial charge in [-0.25, -0.2) is 4.79 Å². The van der Waals surface area contributed by atoms with Crippen molar-refractivity contribution in [3.63, 3.8) is 0 Å². The number of aromatic nitrogens is 1. The first-order chi connectivity index (χ1) is 14.4. The van der Waals surface area contributed by atoms with Crippen LogP contribution in [-0.4, -0.2) is 79.1 Å². The summed E-state index contributed by atoms with van der Waals surface area (Å²) in [4.78, 5) is 45.1. The van der Waals surface area contributed by atoms with Gasteiger partial charge in [-0.05, 0) is 25.0 Å². The Labute approximate surface area is 175 Å². The van der Waals surface area contributed by atoms with E-state index in [4.69, 9.17) is 9.47 Å². The van der Waals surface area contributed by atoms with E-state index in [0.717, 1.165) is 11.3 Å². The minimum Gasteiger partial charge on any atom is -0.452 e. The molecule has 1 aromatic heterocycles. The van der Waals surface area contributed by atoms with Crippen LogP contribution in [0.4, 0.5) is 0 Å². The Balaban J connectivity index is 1.66. The van der Waals surface area contributed by atoms with Gasteiger partial charge in [0.15, 0.2) is 6.61 Å². The molecule has 0 atom stereocenters. The topological polar surface area (TPSA) is 89.0 Å². The normalized spacial score (nSPS) is 13.9. The van der Waals surface area contributed by atoms with Gasteiger partial charge >= 0.3 is 5.97 Å². The highest BCUT2D eigenvalue weighted by Crippen LogP contribution is 2.24. The smallest absolute Gasteiger partial charge is 0.339 e. The number of aryl methyl sites for hydroxylation is 1. The van der Waals surface area contributed by atoms with Gasteiger partial charge < -0.3 is 19.3 Å². The lowest BCUT2D eigenvalue weighted by atomic mass is 10.0. The van der Waals surface area contributed by atoms with Gasteiger partial charge in [-0.3, -0.25) is 14.6 Å². The number of morpholine rings is 1. The Hall–Kier alpha value is -3.00. The second-order valence-electron chi connectivity index (χ2n) is 7.25. The van der Waals surface area contributed by atoms with Gasteiger partial charge in [0.05, 0.1) is 30.8 Å². The number of pyridine rings is 1. The molecule has 2 heterocycles. The fraction of sp³-hybridized carbons (Fsp3) is 0.455. The molecular formula is C22H27N3O5. The minimum atomic E-state index is -0.568. The highest BCUT2D eigenvalue weighted by molar-refractivity contribution is 6.05. The summed E-state index contributed by atoms with van der Waals surface area (Å²) in [6, 6.07) is 7.37. The molecule has 0 bridgehead atoms. The van der Waals surface area contributed by atoms with Crippen molar-refractivity contribution < 1.29 is 23.9 Å². The van der Waals surface area contributed by atoms with Crippen LogP contribution in [0, 0.1) is 6.92 Å². The number of ether oxygens (including phenoxy) is 2. The average molecular weight is 413 g/mol. The highest BCUT2D eigenvalue weighted by atomic mass is 16.5. The average Bonchev–Trinajstić information content (AvgIpc) is 2.77. The number of benzene rings is 1. The first kappa shape index (κ1) is 21.7. The zero-order valence-corrected chi connectivity index (χ0v) is 17.6. The molecule has 160 valence electrons. The van der Waals surface area contributed by atoms with Gasteiger partial charge in [0.2, 0.25) is 5.91 Å². The molecule has 1 saturated heterocycles. The van der Waals surface area contributed by atoms with Crippen LogP contribution in [0.5, 0.6) is 0 Å². The third kappa shape index (κ3) is 4.76. The molecule has 1 aliphatic heterocycles. The molecule has 0 spiro atoms. The van der Waals surface area contributed by atoms with Crippen LogP contribution in [0.2, 0.25) is 0 Å². The summed E-state index contributed by atoms with van der Waals surface area (Å²) in [5, 5.41) is 0.695. The van der Waals surface area contributed by atoms with Gasteiger partial charge in [-0.2, -0.15) is 0 Å². The molecule has 1 aliphatic rings. The number of para-hydroxylation sites is 1. The summed E-state index contributed by atoms with van der Waals surface area (Å²) in [5.74, 6) is -1.15. The van der Waals surface area contributed by atoms with Crippen LogP contribution < -0.4 is 0 Å². The number of fused-ring (bicyclic) bond motifs is 1. The van der Waals surface area contributed by atoms with Crippen LogP contribution in [-0.2, 0) is 25.5 Å². The Kier molecular flexibility index (Phi) is 6.99. The molecule has 30 heavy (non-hydrogen) atoms. The Morgan fingerprint density at radius 2 is 1.90 bits per heavy atom. The lowest BCUT2D eigenvalue weighted by Gasteiger charge is -2.28. The van der Waals surface area contributed by atoms with Crippen molar-refractivity contribution >= 4 is 28.7 Å². The van der Waals surface area contributed by atoms with Crippen molar-refractivity contribution in [2.75, 3.05) is 46.5 Å². The first-order valence-corrected chi connectivity index (χ1v) is 10.1. The molecule has 1 aromatic carbocycles. The molecule has 0 unspecified atom stereocenters. The predicted octanol–water partition coefficient (Wildman–Crippen LogP) is 1.58. The molecule has 8 nitrogen and oxygen atoms in total. The number of amides is 2. The van der Waals surface area contributed by atoms with Crippen LogP contribution >= 0.6 is 0 Å². The van der Waals surface area contributed by atoms with Crippen LogP contribution in [0.1, 0.15) is 28.5 Å². The van der Waals surface area contributed by atoms with E-state index >= 15 is 0 Å². The molecule has 0 aliphatic carbocycles. The Bertz CT molecular complexity index is 953. The summed E-state index contributed by atoms with van der Waals surface area (Å²) in [6.45, 7) is 5.36. The van der Waals surface area contributed by atoms with Gasteiger partial charge in [-0.15, -0.1) is 0 Å². The van der Waals surface area contributed by atoms with Crippen molar-refractivity contribution in [1.82, 2.24) is 14.8 Å². The third-order valence-corrected chi connectivity index (χ3v) is 5.26. The van der Waals surface area contributed by atoms with E-state index in [9.17, 15) is 14.4 Å². The van der Waals surface area contributed by atoms with Crippen LogP contribution in [0.15, 0.2) is 24.3 Å². The van der Waals surface area contributed by atoms with E-state index in [0.29, 0.717) is 49.2 Å². The van der Waals surface area contributed by atoms with Crippen molar-refractivity contribution in [2.45, 2.75) is 20.3 Å². The van der Waals surface area contributed by atoms with E-state index in [-0.39, 0.29) is 12.5 Å². The summed E-state index contributed by atoms with van der Waals surface area (Å²) >= 11 is 0. The third-order valence-electron chi connectivity index (χ3n) is 5.26. The predicted molar refractivity (Wildman–Crippen MR) is 111 cm³/mol. The number of nitrogens with zero attached hydrogens (tertiary/aromatic N) is 3. The standard InChI is InChI=1S/C22H27N3O5/c1-4-17-15(2)21(16-7-5-6-8-18(16)23-17)22(28)30-14-20(27)24(3)13-19(26)25-9-11-29-12-10-25/h5-8H,4,9-14H2,1-3H3. The summed E-state index contributed by atoms with van der Waals surface area (Å²) in [6.07, 6.45) is 0.683. The second-order valence-corrected chi connectivity index (χ2v) is 7.25. The lowest BCUT2D eigenvalue weighted by molar-refractivity contribution is -0.143. The lowest BCUT2D eigenvalue weighted by Crippen LogP contribution is -2.46. The van der Waals surface area contributed by atoms with Gasteiger partial charge in [-0.1, -0.05) is 25.1 Å². The quantitative estimate of drug-likeness (QED) is 0.668. The summed E-state index contributed by atoms with van der Waals surface area (Å²) < 4.78 is 10.6. The van der Waals surface area contributed by atoms with Gasteiger partial charge in [0.25, 0.3) is 5.91 Å². The van der Waals surface area contributed by atoms with E-state index in [1.54, 1.807) is 4.90 Å². The number of likely N-dealkylation sites (N-methyl/N-ethyl adjacent to an activating group) is 1. The number of hydrogen-bond donors (Lipinski definition) is 0. The van der Waals surface area contributed by atoms with Crippen molar-refractivity contribution in [3.05, 3.63) is 41.1 Å². The number of rotatable bonds is 6. The fourth-order valence-corrected chi connectivity index (χ4v) is 3.48.